The highest BCUT2D eigenvalue weighted by molar-refractivity contribution is 6.23. The molecule has 3 heteroatoms. The zero-order chi connectivity index (χ0) is 46.2. The number of anilines is 3. The Balaban J connectivity index is 1.01. The molecule has 70 heavy (non-hydrogen) atoms. The second-order valence-corrected chi connectivity index (χ2v) is 18.3. The van der Waals surface area contributed by atoms with E-state index >= 15 is 0 Å². The Morgan fingerprint density at radius 2 is 0.871 bits per heavy atom. The number of para-hydroxylation sites is 2. The van der Waals surface area contributed by atoms with Crippen molar-refractivity contribution in [1.82, 2.24) is 0 Å². The molecule has 0 fully saturated rings. The fraction of sp³-hybridized carbons (Fsp3) is 0.0149. The second kappa shape index (κ2) is 16.0. The number of fused-ring (bicyclic) bond motifs is 9. The van der Waals surface area contributed by atoms with Crippen LogP contribution < -0.4 is 4.90 Å². The van der Waals surface area contributed by atoms with Crippen LogP contribution in [0.3, 0.4) is 0 Å². The van der Waals surface area contributed by atoms with Gasteiger partial charge >= 0.3 is 0 Å². The van der Waals surface area contributed by atoms with Crippen LogP contribution in [0.4, 0.5) is 17.1 Å². The Kier molecular flexibility index (Phi) is 9.11. The molecule has 0 saturated heterocycles. The fourth-order valence-corrected chi connectivity index (χ4v) is 11.5. The highest BCUT2D eigenvalue weighted by Gasteiger charge is 2.46. The molecular weight excluding hydrogens is 851 g/mol. The third-order valence-electron chi connectivity index (χ3n) is 14.6. The van der Waals surface area contributed by atoms with Crippen LogP contribution in [0.2, 0.25) is 0 Å². The third kappa shape index (κ3) is 6.08. The molecule has 0 N–H and O–H groups in total. The standard InChI is InChI=1S/C67H43NO2/c1-5-19-44(20-6-1)45-33-35-47(36-34-45)64-65-56-29-15-18-32-61(56)69-63(65)43-57-55-40-38-51(42-62(55)70-66(57)64)68(60-31-17-14-27-52(60)46-21-7-2-8-22-46)50-37-39-54-53-28-13-16-30-58(53)67(59(54)41-50,48-23-9-3-10-24-48)49-25-11-4-12-26-49/h1-43H. The first-order chi connectivity index (χ1) is 34.7. The van der Waals surface area contributed by atoms with Crippen LogP contribution in [0.1, 0.15) is 22.3 Å². The first-order valence-electron chi connectivity index (χ1n) is 24.0. The van der Waals surface area contributed by atoms with Crippen molar-refractivity contribution in [3.63, 3.8) is 0 Å². The van der Waals surface area contributed by atoms with Gasteiger partial charge in [0.15, 0.2) is 0 Å². The molecule has 1 aliphatic carbocycles. The van der Waals surface area contributed by atoms with Crippen molar-refractivity contribution in [3.05, 3.63) is 283 Å². The summed E-state index contributed by atoms with van der Waals surface area (Å²) in [7, 11) is 0. The molecule has 0 unspecified atom stereocenters. The summed E-state index contributed by atoms with van der Waals surface area (Å²) in [4.78, 5) is 2.42. The highest BCUT2D eigenvalue weighted by Crippen LogP contribution is 2.58. The summed E-state index contributed by atoms with van der Waals surface area (Å²) in [6, 6.07) is 94.1. The van der Waals surface area contributed by atoms with E-state index in [2.05, 4.69) is 254 Å². The Hall–Kier alpha value is -9.18. The first kappa shape index (κ1) is 39.9. The molecule has 0 spiro atoms. The number of hydrogen-bond donors (Lipinski definition) is 0. The number of rotatable bonds is 8. The Labute approximate surface area is 405 Å². The van der Waals surface area contributed by atoms with Crippen molar-refractivity contribution in [2.75, 3.05) is 4.90 Å². The van der Waals surface area contributed by atoms with E-state index in [1.165, 1.54) is 38.9 Å². The Bertz CT molecular complexity index is 4060. The lowest BCUT2D eigenvalue weighted by molar-refractivity contribution is 0.664. The molecule has 11 aromatic carbocycles. The summed E-state index contributed by atoms with van der Waals surface area (Å²) >= 11 is 0. The normalized spacial score (nSPS) is 12.7. The van der Waals surface area contributed by atoms with Crippen molar-refractivity contribution < 1.29 is 8.83 Å². The topological polar surface area (TPSA) is 29.5 Å². The predicted octanol–water partition coefficient (Wildman–Crippen LogP) is 18.3. The van der Waals surface area contributed by atoms with Crippen LogP contribution in [0.5, 0.6) is 0 Å². The maximum atomic E-state index is 7.25. The summed E-state index contributed by atoms with van der Waals surface area (Å²) < 4.78 is 13.9. The van der Waals surface area contributed by atoms with Gasteiger partial charge in [-0.1, -0.05) is 212 Å². The van der Waals surface area contributed by atoms with Gasteiger partial charge in [0.05, 0.1) is 11.1 Å². The molecule has 13 aromatic rings. The molecule has 0 atom stereocenters. The highest BCUT2D eigenvalue weighted by atomic mass is 16.3. The predicted molar refractivity (Wildman–Crippen MR) is 289 cm³/mol. The maximum Gasteiger partial charge on any atom is 0.144 e. The molecule has 0 bridgehead atoms. The second-order valence-electron chi connectivity index (χ2n) is 18.3. The van der Waals surface area contributed by atoms with Crippen molar-refractivity contribution >= 4 is 60.9 Å². The molecule has 0 aliphatic heterocycles. The third-order valence-corrected chi connectivity index (χ3v) is 14.6. The van der Waals surface area contributed by atoms with Crippen molar-refractivity contribution in [1.29, 1.82) is 0 Å². The smallest absolute Gasteiger partial charge is 0.144 e. The minimum Gasteiger partial charge on any atom is -0.456 e. The molecule has 2 heterocycles. The van der Waals surface area contributed by atoms with Crippen LogP contribution in [0, 0.1) is 0 Å². The van der Waals surface area contributed by atoms with E-state index in [0.717, 1.165) is 88.8 Å². The summed E-state index contributed by atoms with van der Waals surface area (Å²) in [5.74, 6) is 0. The molecule has 0 radical (unpaired) electrons. The van der Waals surface area contributed by atoms with Gasteiger partial charge in [0, 0.05) is 50.1 Å². The van der Waals surface area contributed by atoms with Gasteiger partial charge in [0.1, 0.15) is 22.3 Å². The lowest BCUT2D eigenvalue weighted by Crippen LogP contribution is -2.28. The van der Waals surface area contributed by atoms with E-state index in [-0.39, 0.29) is 0 Å². The number of benzene rings is 11. The Morgan fingerprint density at radius 1 is 0.314 bits per heavy atom. The van der Waals surface area contributed by atoms with Gasteiger partial charge in [-0.3, -0.25) is 0 Å². The number of hydrogen-bond acceptors (Lipinski definition) is 3. The summed E-state index contributed by atoms with van der Waals surface area (Å²) in [5, 5.41) is 4.15. The van der Waals surface area contributed by atoms with Crippen LogP contribution in [-0.4, -0.2) is 0 Å². The molecule has 328 valence electrons. The average molecular weight is 894 g/mol. The molecule has 0 saturated carbocycles. The van der Waals surface area contributed by atoms with Crippen molar-refractivity contribution in [2.45, 2.75) is 5.41 Å². The lowest BCUT2D eigenvalue weighted by atomic mass is 9.67. The van der Waals surface area contributed by atoms with E-state index in [0.29, 0.717) is 0 Å². The van der Waals surface area contributed by atoms with Gasteiger partial charge in [0.2, 0.25) is 0 Å². The van der Waals surface area contributed by atoms with Crippen molar-refractivity contribution in [3.8, 4) is 44.5 Å². The maximum absolute atomic E-state index is 7.25. The Morgan fingerprint density at radius 3 is 1.61 bits per heavy atom. The van der Waals surface area contributed by atoms with Crippen LogP contribution >= 0.6 is 0 Å². The fourth-order valence-electron chi connectivity index (χ4n) is 11.5. The van der Waals surface area contributed by atoms with Gasteiger partial charge in [-0.05, 0) is 98.1 Å². The minimum absolute atomic E-state index is 0.561. The molecule has 3 nitrogen and oxygen atoms in total. The molecule has 14 rings (SSSR count). The van der Waals surface area contributed by atoms with Crippen LogP contribution in [0.15, 0.2) is 270 Å². The minimum atomic E-state index is -0.561. The van der Waals surface area contributed by atoms with Gasteiger partial charge in [-0.15, -0.1) is 0 Å². The van der Waals surface area contributed by atoms with Gasteiger partial charge in [-0.25, -0.2) is 0 Å². The number of nitrogens with zero attached hydrogens (tertiary/aromatic N) is 1. The van der Waals surface area contributed by atoms with Crippen LogP contribution in [-0.2, 0) is 5.41 Å². The van der Waals surface area contributed by atoms with Gasteiger partial charge in [-0.2, -0.15) is 0 Å². The molecular formula is C67H43NO2. The SMILES string of the molecule is c1ccc(-c2ccc(-c3c4oc5cc(N(c6ccc7c(c6)C(c6ccccc6)(c6ccccc6)c6ccccc6-7)c6ccccc6-c6ccccc6)ccc5c4cc4oc5ccccc5c34)cc2)cc1. The van der Waals surface area contributed by atoms with E-state index in [4.69, 9.17) is 8.83 Å². The summed E-state index contributed by atoms with van der Waals surface area (Å²) in [6.07, 6.45) is 0. The number of furan rings is 2. The molecule has 1 aliphatic rings. The van der Waals surface area contributed by atoms with E-state index < -0.39 is 5.41 Å². The van der Waals surface area contributed by atoms with E-state index in [1.807, 2.05) is 12.1 Å². The van der Waals surface area contributed by atoms with Crippen LogP contribution in [0.25, 0.3) is 88.4 Å². The monoisotopic (exact) mass is 893 g/mol. The molecule has 0 amide bonds. The van der Waals surface area contributed by atoms with E-state index in [1.54, 1.807) is 0 Å². The van der Waals surface area contributed by atoms with Gasteiger partial charge < -0.3 is 13.7 Å². The van der Waals surface area contributed by atoms with Gasteiger partial charge in [0.25, 0.3) is 0 Å². The van der Waals surface area contributed by atoms with E-state index in [9.17, 15) is 0 Å². The zero-order valence-corrected chi connectivity index (χ0v) is 38.1. The largest absolute Gasteiger partial charge is 0.456 e. The molecule has 2 aromatic heterocycles. The first-order valence-corrected chi connectivity index (χ1v) is 24.0. The zero-order valence-electron chi connectivity index (χ0n) is 38.1. The quantitative estimate of drug-likeness (QED) is 0.152. The summed E-state index contributed by atoms with van der Waals surface area (Å²) in [5.41, 5.74) is 20.0. The lowest BCUT2D eigenvalue weighted by Gasteiger charge is -2.35. The summed E-state index contributed by atoms with van der Waals surface area (Å²) in [6.45, 7) is 0. The van der Waals surface area contributed by atoms with Crippen molar-refractivity contribution in [2.24, 2.45) is 0 Å². The average Bonchev–Trinajstić information content (AvgIpc) is 4.09.